The number of nitrogens with zero attached hydrogens (tertiary/aromatic N) is 3. The lowest BCUT2D eigenvalue weighted by Gasteiger charge is -2.10. The molecule has 6 aromatic carbocycles. The first-order chi connectivity index (χ1) is 20.3. The lowest BCUT2D eigenvalue weighted by molar-refractivity contribution is 0.669. The Morgan fingerprint density at radius 1 is 0.390 bits per heavy atom. The smallest absolute Gasteiger partial charge is 0.164 e. The van der Waals surface area contributed by atoms with Gasteiger partial charge in [-0.05, 0) is 46.2 Å². The van der Waals surface area contributed by atoms with Crippen LogP contribution >= 0.6 is 0 Å². The van der Waals surface area contributed by atoms with Gasteiger partial charge in [-0.15, -0.1) is 0 Å². The zero-order chi connectivity index (χ0) is 27.2. The van der Waals surface area contributed by atoms with Crippen molar-refractivity contribution in [3.63, 3.8) is 0 Å². The van der Waals surface area contributed by atoms with Crippen LogP contribution < -0.4 is 0 Å². The Kier molecular flexibility index (Phi) is 5.42. The molecule has 0 fully saturated rings. The van der Waals surface area contributed by atoms with Gasteiger partial charge in [-0.25, -0.2) is 15.0 Å². The van der Waals surface area contributed by atoms with Crippen LogP contribution in [0.25, 0.3) is 78.0 Å². The molecule has 2 heterocycles. The van der Waals surface area contributed by atoms with E-state index in [1.165, 1.54) is 16.5 Å². The Bertz CT molecular complexity index is 2200. The highest BCUT2D eigenvalue weighted by Gasteiger charge is 2.17. The summed E-state index contributed by atoms with van der Waals surface area (Å²) in [5.74, 6) is 1.88. The van der Waals surface area contributed by atoms with Gasteiger partial charge in [0.25, 0.3) is 0 Å². The van der Waals surface area contributed by atoms with Gasteiger partial charge < -0.3 is 4.42 Å². The van der Waals surface area contributed by atoms with Crippen molar-refractivity contribution in [3.8, 4) is 45.3 Å². The van der Waals surface area contributed by atoms with Crippen LogP contribution in [0.2, 0.25) is 0 Å². The predicted octanol–water partition coefficient (Wildman–Crippen LogP) is 9.59. The van der Waals surface area contributed by atoms with E-state index in [2.05, 4.69) is 72.8 Å². The zero-order valence-electron chi connectivity index (χ0n) is 22.0. The number of benzene rings is 6. The Balaban J connectivity index is 1.34. The van der Waals surface area contributed by atoms with Crippen molar-refractivity contribution in [2.24, 2.45) is 0 Å². The van der Waals surface area contributed by atoms with E-state index in [1.807, 2.05) is 66.7 Å². The number of aromatic nitrogens is 3. The molecule has 8 aromatic rings. The third-order valence-corrected chi connectivity index (χ3v) is 7.52. The molecule has 4 nitrogen and oxygen atoms in total. The molecule has 192 valence electrons. The summed E-state index contributed by atoms with van der Waals surface area (Å²) in [7, 11) is 0. The number of rotatable bonds is 4. The molecule has 0 unspecified atom stereocenters. The molecule has 0 atom stereocenters. The first-order valence-corrected chi connectivity index (χ1v) is 13.6. The third kappa shape index (κ3) is 4.14. The molecule has 0 amide bonds. The summed E-state index contributed by atoms with van der Waals surface area (Å²) in [6, 6.07) is 47.6. The Morgan fingerprint density at radius 3 is 1.80 bits per heavy atom. The molecule has 0 aliphatic carbocycles. The first kappa shape index (κ1) is 23.3. The highest BCUT2D eigenvalue weighted by atomic mass is 16.3. The molecule has 0 N–H and O–H groups in total. The fourth-order valence-electron chi connectivity index (χ4n) is 5.50. The molecule has 4 heteroatoms. The van der Waals surface area contributed by atoms with E-state index >= 15 is 0 Å². The van der Waals surface area contributed by atoms with Gasteiger partial charge in [-0.1, -0.05) is 115 Å². The van der Waals surface area contributed by atoms with Gasteiger partial charge in [0.1, 0.15) is 11.2 Å². The van der Waals surface area contributed by atoms with Crippen molar-refractivity contribution in [1.29, 1.82) is 0 Å². The fraction of sp³-hybridized carbons (Fsp3) is 0. The van der Waals surface area contributed by atoms with Gasteiger partial charge in [-0.3, -0.25) is 0 Å². The normalized spacial score (nSPS) is 11.4. The van der Waals surface area contributed by atoms with Gasteiger partial charge in [0.2, 0.25) is 0 Å². The lowest BCUT2D eigenvalue weighted by Crippen LogP contribution is -2.00. The zero-order valence-corrected chi connectivity index (χ0v) is 22.0. The van der Waals surface area contributed by atoms with Gasteiger partial charge in [-0.2, -0.15) is 0 Å². The molecule has 0 radical (unpaired) electrons. The molecule has 0 saturated carbocycles. The van der Waals surface area contributed by atoms with Crippen LogP contribution in [0.15, 0.2) is 144 Å². The van der Waals surface area contributed by atoms with Crippen molar-refractivity contribution >= 4 is 32.7 Å². The SMILES string of the molecule is c1ccc(-c2ccc3ccc(-c4nc(-c5ccccc5)nc(-c5cccc6oc7ccccc7c56)n4)cc3c2)cc1. The maximum Gasteiger partial charge on any atom is 0.164 e. The fourth-order valence-corrected chi connectivity index (χ4v) is 5.50. The van der Waals surface area contributed by atoms with Crippen molar-refractivity contribution in [1.82, 2.24) is 15.0 Å². The number of hydrogen-bond acceptors (Lipinski definition) is 4. The van der Waals surface area contributed by atoms with Crippen molar-refractivity contribution in [2.45, 2.75) is 0 Å². The molecule has 2 aromatic heterocycles. The van der Waals surface area contributed by atoms with E-state index < -0.39 is 0 Å². The number of hydrogen-bond donors (Lipinski definition) is 0. The van der Waals surface area contributed by atoms with Gasteiger partial charge in [0.15, 0.2) is 17.5 Å². The second-order valence-corrected chi connectivity index (χ2v) is 10.1. The summed E-state index contributed by atoms with van der Waals surface area (Å²) in [5.41, 5.74) is 6.81. The van der Waals surface area contributed by atoms with Crippen LogP contribution in [0.5, 0.6) is 0 Å². The predicted molar refractivity (Wildman–Crippen MR) is 166 cm³/mol. The summed E-state index contributed by atoms with van der Waals surface area (Å²) < 4.78 is 6.17. The van der Waals surface area contributed by atoms with Crippen LogP contribution in [0, 0.1) is 0 Å². The lowest BCUT2D eigenvalue weighted by atomic mass is 9.99. The van der Waals surface area contributed by atoms with Gasteiger partial charge >= 0.3 is 0 Å². The minimum Gasteiger partial charge on any atom is -0.456 e. The van der Waals surface area contributed by atoms with Crippen LogP contribution in [-0.4, -0.2) is 15.0 Å². The van der Waals surface area contributed by atoms with Crippen molar-refractivity contribution in [2.75, 3.05) is 0 Å². The molecule has 0 spiro atoms. The molecule has 0 bridgehead atoms. The van der Waals surface area contributed by atoms with Crippen molar-refractivity contribution in [3.05, 3.63) is 140 Å². The van der Waals surface area contributed by atoms with Crippen LogP contribution in [0.3, 0.4) is 0 Å². The summed E-state index contributed by atoms with van der Waals surface area (Å²) in [6.45, 7) is 0. The van der Waals surface area contributed by atoms with E-state index in [0.717, 1.165) is 44.0 Å². The van der Waals surface area contributed by atoms with E-state index in [4.69, 9.17) is 19.4 Å². The Hall–Kier alpha value is -5.61. The largest absolute Gasteiger partial charge is 0.456 e. The van der Waals surface area contributed by atoms with E-state index in [9.17, 15) is 0 Å². The molecule has 0 aliphatic heterocycles. The molecule has 8 rings (SSSR count). The average Bonchev–Trinajstić information content (AvgIpc) is 3.44. The average molecular weight is 526 g/mol. The number of fused-ring (bicyclic) bond motifs is 4. The summed E-state index contributed by atoms with van der Waals surface area (Å²) >= 11 is 0. The Morgan fingerprint density at radius 2 is 1.00 bits per heavy atom. The van der Waals surface area contributed by atoms with Crippen LogP contribution in [0.4, 0.5) is 0 Å². The van der Waals surface area contributed by atoms with Crippen molar-refractivity contribution < 1.29 is 4.42 Å². The highest BCUT2D eigenvalue weighted by molar-refractivity contribution is 6.11. The first-order valence-electron chi connectivity index (χ1n) is 13.6. The van der Waals surface area contributed by atoms with Gasteiger partial charge in [0.05, 0.1) is 0 Å². The standard InChI is InChI=1S/C37H23N3O/c1-3-10-24(11-4-1)27-20-18-25-19-21-28(23-29(25)22-27)36-38-35(26-12-5-2-6-13-26)39-37(40-36)31-15-9-17-33-34(31)30-14-7-8-16-32(30)41-33/h1-23H. The molecule has 0 saturated heterocycles. The minimum absolute atomic E-state index is 0.615. The maximum atomic E-state index is 6.17. The van der Waals surface area contributed by atoms with Gasteiger partial charge in [0, 0.05) is 27.5 Å². The summed E-state index contributed by atoms with van der Waals surface area (Å²) in [6.07, 6.45) is 0. The van der Waals surface area contributed by atoms with E-state index in [0.29, 0.717) is 17.5 Å². The number of furan rings is 1. The Labute approximate surface area is 236 Å². The van der Waals surface area contributed by atoms with Crippen LogP contribution in [-0.2, 0) is 0 Å². The second kappa shape index (κ2) is 9.54. The third-order valence-electron chi connectivity index (χ3n) is 7.52. The quantitative estimate of drug-likeness (QED) is 0.230. The van der Waals surface area contributed by atoms with E-state index in [-0.39, 0.29) is 0 Å². The molecular formula is C37H23N3O. The molecular weight excluding hydrogens is 502 g/mol. The maximum absolute atomic E-state index is 6.17. The highest BCUT2D eigenvalue weighted by Crippen LogP contribution is 2.36. The summed E-state index contributed by atoms with van der Waals surface area (Å²) in [4.78, 5) is 15.0. The second-order valence-electron chi connectivity index (χ2n) is 10.1. The number of para-hydroxylation sites is 1. The summed E-state index contributed by atoms with van der Waals surface area (Å²) in [5, 5.41) is 4.35. The van der Waals surface area contributed by atoms with E-state index in [1.54, 1.807) is 0 Å². The minimum atomic E-state index is 0.615. The topological polar surface area (TPSA) is 51.8 Å². The van der Waals surface area contributed by atoms with Crippen LogP contribution in [0.1, 0.15) is 0 Å². The molecule has 0 aliphatic rings. The monoisotopic (exact) mass is 525 g/mol. The molecule has 41 heavy (non-hydrogen) atoms.